The van der Waals surface area contributed by atoms with Crippen LogP contribution < -0.4 is 0 Å². The summed E-state index contributed by atoms with van der Waals surface area (Å²) >= 11 is 3.42. The van der Waals surface area contributed by atoms with Crippen molar-refractivity contribution in [3.8, 4) is 0 Å². The van der Waals surface area contributed by atoms with Crippen molar-refractivity contribution in [1.82, 2.24) is 4.98 Å². The van der Waals surface area contributed by atoms with Gasteiger partial charge in [-0.15, -0.1) is 0 Å². The van der Waals surface area contributed by atoms with Crippen molar-refractivity contribution in [3.63, 3.8) is 0 Å². The highest BCUT2D eigenvalue weighted by Gasteiger charge is 2.35. The Kier molecular flexibility index (Phi) is 3.93. The SMILES string of the molecule is CC(c1ccccc1)(c1ccccc1)c1ncc(CBr)o1. The molecule has 2 aromatic carbocycles. The number of oxazole rings is 1. The van der Waals surface area contributed by atoms with E-state index >= 15 is 0 Å². The third-order valence-electron chi connectivity index (χ3n) is 3.82. The Morgan fingerprint density at radius 3 is 1.90 bits per heavy atom. The van der Waals surface area contributed by atoms with Crippen LogP contribution in [0, 0.1) is 0 Å². The van der Waals surface area contributed by atoms with Crippen molar-refractivity contribution in [3.05, 3.63) is 89.6 Å². The fourth-order valence-electron chi connectivity index (χ4n) is 2.56. The highest BCUT2D eigenvalue weighted by atomic mass is 79.9. The van der Waals surface area contributed by atoms with E-state index in [-0.39, 0.29) is 0 Å². The summed E-state index contributed by atoms with van der Waals surface area (Å²) in [7, 11) is 0. The van der Waals surface area contributed by atoms with Crippen LogP contribution >= 0.6 is 15.9 Å². The number of rotatable bonds is 4. The van der Waals surface area contributed by atoms with E-state index in [1.807, 2.05) is 36.4 Å². The summed E-state index contributed by atoms with van der Waals surface area (Å²) in [5.41, 5.74) is 1.93. The molecule has 0 aliphatic carbocycles. The Morgan fingerprint density at radius 1 is 0.952 bits per heavy atom. The standard InChI is InChI=1S/C18H16BrNO/c1-18(14-8-4-2-5-9-14,15-10-6-3-7-11-15)17-20-13-16(12-19)21-17/h2-11,13H,12H2,1H3. The number of hydrogen-bond acceptors (Lipinski definition) is 2. The molecule has 2 nitrogen and oxygen atoms in total. The number of alkyl halides is 1. The molecular formula is C18H16BrNO. The molecule has 0 N–H and O–H groups in total. The van der Waals surface area contributed by atoms with Gasteiger partial charge >= 0.3 is 0 Å². The molecule has 3 rings (SSSR count). The Labute approximate surface area is 133 Å². The maximum atomic E-state index is 5.95. The Morgan fingerprint density at radius 2 is 1.48 bits per heavy atom. The number of halogens is 1. The van der Waals surface area contributed by atoms with Crippen LogP contribution in [-0.4, -0.2) is 4.98 Å². The zero-order valence-corrected chi connectivity index (χ0v) is 13.4. The first kappa shape index (κ1) is 14.1. The van der Waals surface area contributed by atoms with Crippen LogP contribution in [0.3, 0.4) is 0 Å². The smallest absolute Gasteiger partial charge is 0.209 e. The average Bonchev–Trinajstić information content (AvgIpc) is 3.05. The number of hydrogen-bond donors (Lipinski definition) is 0. The third kappa shape index (κ3) is 2.54. The summed E-state index contributed by atoms with van der Waals surface area (Å²) in [4.78, 5) is 4.52. The maximum Gasteiger partial charge on any atom is 0.209 e. The Bertz CT molecular complexity index is 667. The molecule has 0 saturated heterocycles. The quantitative estimate of drug-likeness (QED) is 0.629. The molecular weight excluding hydrogens is 326 g/mol. The first-order valence-electron chi connectivity index (χ1n) is 6.87. The molecule has 21 heavy (non-hydrogen) atoms. The minimum atomic E-state index is -0.400. The van der Waals surface area contributed by atoms with Gasteiger partial charge in [0.05, 0.1) is 16.9 Å². The van der Waals surface area contributed by atoms with Crippen LogP contribution in [0.5, 0.6) is 0 Å². The van der Waals surface area contributed by atoms with E-state index in [0.29, 0.717) is 11.2 Å². The molecule has 0 aliphatic rings. The van der Waals surface area contributed by atoms with Crippen molar-refractivity contribution in [2.24, 2.45) is 0 Å². The zero-order chi connectivity index (χ0) is 14.7. The van der Waals surface area contributed by atoms with Crippen LogP contribution in [0.1, 0.15) is 29.7 Å². The predicted molar refractivity (Wildman–Crippen MR) is 87.6 cm³/mol. The van der Waals surface area contributed by atoms with Crippen molar-refractivity contribution >= 4 is 15.9 Å². The van der Waals surface area contributed by atoms with Crippen LogP contribution in [0.15, 0.2) is 71.3 Å². The van der Waals surface area contributed by atoms with E-state index in [1.165, 1.54) is 11.1 Å². The summed E-state index contributed by atoms with van der Waals surface area (Å²) in [6.45, 7) is 2.15. The predicted octanol–water partition coefficient (Wildman–Crippen LogP) is 4.92. The molecule has 0 aliphatic heterocycles. The lowest BCUT2D eigenvalue weighted by atomic mass is 9.76. The van der Waals surface area contributed by atoms with Crippen molar-refractivity contribution in [1.29, 1.82) is 0 Å². The number of nitrogens with zero attached hydrogens (tertiary/aromatic N) is 1. The molecule has 3 aromatic rings. The molecule has 106 valence electrons. The van der Waals surface area contributed by atoms with Crippen LogP contribution in [0.2, 0.25) is 0 Å². The van der Waals surface area contributed by atoms with Gasteiger partial charge in [-0.2, -0.15) is 0 Å². The molecule has 0 saturated carbocycles. The van der Waals surface area contributed by atoms with Crippen LogP contribution in [0.4, 0.5) is 0 Å². The second kappa shape index (κ2) is 5.86. The molecule has 1 aromatic heterocycles. The Hall–Kier alpha value is -1.87. The van der Waals surface area contributed by atoms with Gasteiger partial charge in [-0.05, 0) is 18.1 Å². The number of benzene rings is 2. The summed E-state index contributed by atoms with van der Waals surface area (Å²) in [5, 5.41) is 0.666. The second-order valence-electron chi connectivity index (χ2n) is 5.12. The first-order chi connectivity index (χ1) is 10.2. The Balaban J connectivity index is 2.20. The average molecular weight is 342 g/mol. The lowest BCUT2D eigenvalue weighted by molar-refractivity contribution is 0.413. The van der Waals surface area contributed by atoms with Gasteiger partial charge in [0.1, 0.15) is 5.76 Å². The maximum absolute atomic E-state index is 5.95. The molecule has 0 amide bonds. The number of aromatic nitrogens is 1. The van der Waals surface area contributed by atoms with E-state index in [0.717, 1.165) is 5.76 Å². The van der Waals surface area contributed by atoms with Gasteiger partial charge in [0.2, 0.25) is 5.89 Å². The molecule has 1 heterocycles. The topological polar surface area (TPSA) is 26.0 Å². The van der Waals surface area contributed by atoms with Gasteiger partial charge in [0.15, 0.2) is 0 Å². The van der Waals surface area contributed by atoms with E-state index in [1.54, 1.807) is 6.20 Å². The minimum absolute atomic E-state index is 0.400. The normalized spacial score (nSPS) is 11.5. The molecule has 0 radical (unpaired) electrons. The van der Waals surface area contributed by atoms with Gasteiger partial charge in [-0.3, -0.25) is 0 Å². The van der Waals surface area contributed by atoms with E-state index in [2.05, 4.69) is 52.1 Å². The molecule has 0 bridgehead atoms. The van der Waals surface area contributed by atoms with Gasteiger partial charge in [0, 0.05) is 0 Å². The summed E-state index contributed by atoms with van der Waals surface area (Å²) in [6.07, 6.45) is 1.79. The fraction of sp³-hybridized carbons (Fsp3) is 0.167. The van der Waals surface area contributed by atoms with E-state index in [4.69, 9.17) is 4.42 Å². The van der Waals surface area contributed by atoms with Crippen LogP contribution in [-0.2, 0) is 10.7 Å². The van der Waals surface area contributed by atoms with Gasteiger partial charge in [-0.25, -0.2) is 4.98 Å². The van der Waals surface area contributed by atoms with Crippen molar-refractivity contribution < 1.29 is 4.42 Å². The fourth-order valence-corrected chi connectivity index (χ4v) is 2.82. The lowest BCUT2D eigenvalue weighted by Crippen LogP contribution is -2.25. The van der Waals surface area contributed by atoms with Gasteiger partial charge < -0.3 is 4.42 Å². The first-order valence-corrected chi connectivity index (χ1v) is 7.99. The lowest BCUT2D eigenvalue weighted by Gasteiger charge is -2.27. The van der Waals surface area contributed by atoms with Crippen molar-refractivity contribution in [2.75, 3.05) is 0 Å². The molecule has 0 spiro atoms. The van der Waals surface area contributed by atoms with E-state index in [9.17, 15) is 0 Å². The molecule has 0 fully saturated rings. The zero-order valence-electron chi connectivity index (χ0n) is 11.8. The second-order valence-corrected chi connectivity index (χ2v) is 5.68. The summed E-state index contributed by atoms with van der Waals surface area (Å²) in [5.74, 6) is 1.55. The monoisotopic (exact) mass is 341 g/mol. The third-order valence-corrected chi connectivity index (χ3v) is 4.37. The minimum Gasteiger partial charge on any atom is -0.444 e. The highest BCUT2D eigenvalue weighted by Crippen LogP contribution is 2.38. The van der Waals surface area contributed by atoms with Crippen LogP contribution in [0.25, 0.3) is 0 Å². The molecule has 0 unspecified atom stereocenters. The molecule has 0 atom stereocenters. The van der Waals surface area contributed by atoms with E-state index < -0.39 is 5.41 Å². The largest absolute Gasteiger partial charge is 0.444 e. The summed E-state index contributed by atoms with van der Waals surface area (Å²) < 4.78 is 5.95. The molecule has 3 heteroatoms. The van der Waals surface area contributed by atoms with Gasteiger partial charge in [-0.1, -0.05) is 76.6 Å². The van der Waals surface area contributed by atoms with Gasteiger partial charge in [0.25, 0.3) is 0 Å². The van der Waals surface area contributed by atoms with Crippen molar-refractivity contribution in [2.45, 2.75) is 17.7 Å². The summed E-state index contributed by atoms with van der Waals surface area (Å²) in [6, 6.07) is 20.7. The highest BCUT2D eigenvalue weighted by molar-refractivity contribution is 9.08.